The summed E-state index contributed by atoms with van der Waals surface area (Å²) >= 11 is 0. The van der Waals surface area contributed by atoms with Gasteiger partial charge in [-0.3, -0.25) is 14.4 Å². The lowest BCUT2D eigenvalue weighted by molar-refractivity contribution is -0.0656. The van der Waals surface area contributed by atoms with Crippen molar-refractivity contribution >= 4 is 17.7 Å². The van der Waals surface area contributed by atoms with E-state index in [-0.39, 0.29) is 60.6 Å². The third-order valence-electron chi connectivity index (χ3n) is 8.31. The minimum atomic E-state index is -2.77. The van der Waals surface area contributed by atoms with Gasteiger partial charge in [0.15, 0.2) is 17.0 Å². The van der Waals surface area contributed by atoms with Gasteiger partial charge in [-0.15, -0.1) is 0 Å². The number of rotatable bonds is 6. The molecule has 6 rings (SSSR count). The topological polar surface area (TPSA) is 111 Å². The van der Waals surface area contributed by atoms with Crippen molar-refractivity contribution in [1.29, 1.82) is 0 Å². The van der Waals surface area contributed by atoms with E-state index in [1.165, 1.54) is 16.8 Å². The van der Waals surface area contributed by atoms with Crippen LogP contribution in [0.4, 0.5) is 8.78 Å². The number of nitrogens with one attached hydrogen (secondary N) is 1. The molecule has 1 spiro atoms. The van der Waals surface area contributed by atoms with Crippen molar-refractivity contribution in [2.45, 2.75) is 57.0 Å². The highest BCUT2D eigenvalue weighted by Gasteiger charge is 2.54. The van der Waals surface area contributed by atoms with Gasteiger partial charge in [0.2, 0.25) is 11.3 Å². The summed E-state index contributed by atoms with van der Waals surface area (Å²) in [6, 6.07) is 10.8. The summed E-state index contributed by atoms with van der Waals surface area (Å²) in [5.41, 5.74) is -1.83. The number of ether oxygens (including phenoxy) is 2. The molecule has 1 aromatic heterocycles. The fourth-order valence-electron chi connectivity index (χ4n) is 5.92. The van der Waals surface area contributed by atoms with Crippen molar-refractivity contribution in [2.24, 2.45) is 5.16 Å². The van der Waals surface area contributed by atoms with E-state index in [1.807, 2.05) is 13.0 Å². The van der Waals surface area contributed by atoms with Gasteiger partial charge in [0.05, 0.1) is 23.6 Å². The lowest BCUT2D eigenvalue weighted by Crippen LogP contribution is -2.52. The maximum absolute atomic E-state index is 14.3. The molecule has 0 aliphatic carbocycles. The maximum Gasteiger partial charge on any atom is 0.274 e. The Kier molecular flexibility index (Phi) is 6.44. The highest BCUT2D eigenvalue weighted by Crippen LogP contribution is 2.46. The number of nitrogens with zero attached hydrogens (tertiary/aromatic N) is 3. The van der Waals surface area contributed by atoms with Crippen LogP contribution in [0.1, 0.15) is 68.3 Å². The number of aromatic nitrogens is 1. The first kappa shape index (κ1) is 24.8. The number of pyridine rings is 1. The van der Waals surface area contributed by atoms with Crippen molar-refractivity contribution < 1.29 is 36.8 Å². The third kappa shape index (κ3) is 5.10. The lowest BCUT2D eigenvalue weighted by Gasteiger charge is -2.42. The monoisotopic (exact) mass is 595 g/mol. The lowest BCUT2D eigenvalue weighted by atomic mass is 9.85. The molecule has 0 unspecified atom stereocenters. The van der Waals surface area contributed by atoms with Crippen LogP contribution in [0.5, 0.6) is 5.75 Å². The summed E-state index contributed by atoms with van der Waals surface area (Å²) in [4.78, 5) is 49.0. The molecular formula is C31H30F2N4O6. The molecule has 1 fully saturated rings. The summed E-state index contributed by atoms with van der Waals surface area (Å²) in [6.45, 7) is 1.52. The average Bonchev–Trinajstić information content (AvgIpc) is 3.35. The van der Waals surface area contributed by atoms with Gasteiger partial charge < -0.3 is 29.1 Å². The largest absolute Gasteiger partial charge is 0.483 e. The van der Waals surface area contributed by atoms with E-state index in [2.05, 4.69) is 10.5 Å². The van der Waals surface area contributed by atoms with E-state index in [9.17, 15) is 23.2 Å². The number of methoxy groups -OCH3 is 1. The summed E-state index contributed by atoms with van der Waals surface area (Å²) in [5, 5.41) is 6.44. The highest BCUT2D eigenvalue weighted by atomic mass is 19.1. The van der Waals surface area contributed by atoms with Crippen molar-refractivity contribution in [3.8, 4) is 5.75 Å². The Balaban J connectivity index is 1.44. The molecule has 0 saturated carbocycles. The van der Waals surface area contributed by atoms with Crippen LogP contribution in [0.2, 0.25) is 0 Å². The molecular weight excluding hydrogens is 562 g/mol. The van der Waals surface area contributed by atoms with Gasteiger partial charge in [0.25, 0.3) is 11.8 Å². The van der Waals surface area contributed by atoms with Gasteiger partial charge in [-0.25, -0.2) is 8.78 Å². The zero-order valence-electron chi connectivity index (χ0n) is 26.1. The van der Waals surface area contributed by atoms with Crippen LogP contribution in [0.3, 0.4) is 0 Å². The van der Waals surface area contributed by atoms with Crippen LogP contribution in [0.25, 0.3) is 0 Å². The minimum absolute atomic E-state index is 0.00539. The highest BCUT2D eigenvalue weighted by molar-refractivity contribution is 5.99. The first-order chi connectivity index (χ1) is 21.8. The van der Waals surface area contributed by atoms with Gasteiger partial charge in [0.1, 0.15) is 23.8 Å². The van der Waals surface area contributed by atoms with E-state index < -0.39 is 47.6 Å². The minimum Gasteiger partial charge on any atom is -0.483 e. The number of oxime groups is 1. The SMILES string of the molecule is [2H]C([2H])([2H])OC1=NO[C@@]2(CC[C@H](C)N3C[C@H]2n2cc(C(=O)NCc4ccc(F)cc4F)c(=O)c(OCc4ccccc4)c2C3=O)C1. The zero-order chi connectivity index (χ0) is 32.8. The molecule has 3 atom stereocenters. The summed E-state index contributed by atoms with van der Waals surface area (Å²) in [7, 11) is -2.77. The first-order valence-corrected chi connectivity index (χ1v) is 13.8. The van der Waals surface area contributed by atoms with E-state index in [0.717, 1.165) is 6.07 Å². The van der Waals surface area contributed by atoms with Crippen LogP contribution < -0.4 is 15.5 Å². The third-order valence-corrected chi connectivity index (χ3v) is 8.31. The Morgan fingerprint density at radius 1 is 1.23 bits per heavy atom. The molecule has 3 aliphatic heterocycles. The summed E-state index contributed by atoms with van der Waals surface area (Å²) in [5.74, 6) is -3.51. The molecule has 3 aliphatic rings. The summed E-state index contributed by atoms with van der Waals surface area (Å²) in [6.07, 6.45) is 2.01. The van der Waals surface area contributed by atoms with Gasteiger partial charge in [-0.2, -0.15) is 0 Å². The van der Waals surface area contributed by atoms with Crippen molar-refractivity contribution in [3.05, 3.63) is 99.0 Å². The predicted octanol–water partition coefficient (Wildman–Crippen LogP) is 3.93. The number of carbonyl (C=O) groups excluding carboxylic acids is 2. The van der Waals surface area contributed by atoms with E-state index in [1.54, 1.807) is 29.2 Å². The molecule has 1 N–H and O–H groups in total. The van der Waals surface area contributed by atoms with Gasteiger partial charge >= 0.3 is 0 Å². The van der Waals surface area contributed by atoms with Crippen molar-refractivity contribution in [1.82, 2.24) is 14.8 Å². The first-order valence-electron chi connectivity index (χ1n) is 15.3. The number of amides is 2. The van der Waals surface area contributed by atoms with E-state index in [0.29, 0.717) is 24.5 Å². The Morgan fingerprint density at radius 3 is 2.81 bits per heavy atom. The van der Waals surface area contributed by atoms with Gasteiger partial charge in [-0.1, -0.05) is 41.6 Å². The molecule has 224 valence electrons. The molecule has 43 heavy (non-hydrogen) atoms. The fourth-order valence-corrected chi connectivity index (χ4v) is 5.92. The number of carbonyl (C=O) groups is 2. The van der Waals surface area contributed by atoms with Crippen LogP contribution in [0, 0.1) is 11.6 Å². The zero-order valence-corrected chi connectivity index (χ0v) is 23.1. The van der Waals surface area contributed by atoms with Crippen molar-refractivity contribution in [3.63, 3.8) is 0 Å². The molecule has 3 aromatic rings. The smallest absolute Gasteiger partial charge is 0.274 e. The van der Waals surface area contributed by atoms with Crippen LogP contribution in [0.15, 0.2) is 64.7 Å². The molecule has 12 heteroatoms. The number of fused-ring (bicyclic) bond motifs is 5. The molecule has 2 bridgehead atoms. The molecule has 2 amide bonds. The standard InChI is InChI=1S/C31H30F2N4O6/c1-18-10-11-31(13-25(41-2)35-43-31)24-16-36(18)30(40)26-28(42-17-19-6-4-3-5-7-19)27(38)22(15-37(24)26)29(39)34-14-20-8-9-21(32)12-23(20)33/h3-9,12,15,18,24H,10-11,13-14,16-17H2,1-2H3,(H,34,39)/t18-,24+,31-/m0/s1/i2D3. The Bertz CT molecular complexity index is 1780. The number of halogens is 2. The molecule has 1 saturated heterocycles. The molecule has 2 aromatic carbocycles. The Morgan fingerprint density at radius 2 is 2.05 bits per heavy atom. The van der Waals surface area contributed by atoms with Crippen molar-refractivity contribution in [2.75, 3.05) is 13.6 Å². The molecule has 0 radical (unpaired) electrons. The second kappa shape index (κ2) is 11.2. The second-order valence-corrected chi connectivity index (χ2v) is 10.9. The average molecular weight is 596 g/mol. The number of hydrogen-bond acceptors (Lipinski definition) is 7. The maximum atomic E-state index is 14.3. The fraction of sp³-hybridized carbons (Fsp3) is 0.355. The predicted molar refractivity (Wildman–Crippen MR) is 151 cm³/mol. The van der Waals surface area contributed by atoms with Crippen LogP contribution >= 0.6 is 0 Å². The number of hydrogen-bond donors (Lipinski definition) is 1. The second-order valence-electron chi connectivity index (χ2n) is 10.9. The Hall–Kier alpha value is -4.74. The van der Waals surface area contributed by atoms with Gasteiger partial charge in [0, 0.05) is 37.0 Å². The molecule has 10 nitrogen and oxygen atoms in total. The van der Waals surface area contributed by atoms with E-state index >= 15 is 0 Å². The normalized spacial score (nSPS) is 23.7. The van der Waals surface area contributed by atoms with E-state index in [4.69, 9.17) is 18.4 Å². The van der Waals surface area contributed by atoms with Gasteiger partial charge in [-0.05, 0) is 31.4 Å². The van der Waals surface area contributed by atoms with Crippen LogP contribution in [-0.4, -0.2) is 52.4 Å². The Labute approximate surface area is 250 Å². The van der Waals surface area contributed by atoms with Crippen LogP contribution in [-0.2, 0) is 22.7 Å². The number of benzene rings is 2. The summed E-state index contributed by atoms with van der Waals surface area (Å²) < 4.78 is 62.8. The molecule has 4 heterocycles. The quantitative estimate of drug-likeness (QED) is 0.462.